The van der Waals surface area contributed by atoms with Gasteiger partial charge in [-0.25, -0.2) is 4.98 Å². The van der Waals surface area contributed by atoms with Crippen LogP contribution >= 0.6 is 0 Å². The summed E-state index contributed by atoms with van der Waals surface area (Å²) in [6.07, 6.45) is 1.97. The van der Waals surface area contributed by atoms with Crippen molar-refractivity contribution in [2.24, 2.45) is 0 Å². The van der Waals surface area contributed by atoms with E-state index >= 15 is 0 Å². The third kappa shape index (κ3) is 2.96. The standard InChI is InChI=1S/C18H16N4O3/c23-17-14-6-2-3-7-15(14)19-18(20-17)21(13-9-10-13)11-12-5-1-4-8-16(12)22(24)25/h1-8,13H,9-11H2,(H,19,20,23). The minimum Gasteiger partial charge on any atom is -0.335 e. The lowest BCUT2D eigenvalue weighted by Gasteiger charge is -2.23. The topological polar surface area (TPSA) is 92.1 Å². The molecule has 1 aliphatic rings. The highest BCUT2D eigenvalue weighted by atomic mass is 16.6. The number of nitro groups is 1. The number of nitrogens with zero attached hydrogens (tertiary/aromatic N) is 3. The van der Waals surface area contributed by atoms with Crippen molar-refractivity contribution in [2.45, 2.75) is 25.4 Å². The predicted molar refractivity (Wildman–Crippen MR) is 94.7 cm³/mol. The fourth-order valence-corrected chi connectivity index (χ4v) is 2.98. The molecule has 0 bridgehead atoms. The van der Waals surface area contributed by atoms with Gasteiger partial charge in [-0.3, -0.25) is 19.9 Å². The summed E-state index contributed by atoms with van der Waals surface area (Å²) in [5.41, 5.74) is 1.11. The summed E-state index contributed by atoms with van der Waals surface area (Å²) in [5.74, 6) is 0.462. The number of anilines is 1. The van der Waals surface area contributed by atoms with Gasteiger partial charge >= 0.3 is 0 Å². The molecule has 0 radical (unpaired) electrons. The van der Waals surface area contributed by atoms with Crippen molar-refractivity contribution in [1.82, 2.24) is 9.97 Å². The minimum atomic E-state index is -0.378. The second-order valence-electron chi connectivity index (χ2n) is 6.15. The number of hydrogen-bond donors (Lipinski definition) is 1. The van der Waals surface area contributed by atoms with Gasteiger partial charge in [-0.15, -0.1) is 0 Å². The van der Waals surface area contributed by atoms with Gasteiger partial charge < -0.3 is 4.90 Å². The van der Waals surface area contributed by atoms with E-state index in [1.165, 1.54) is 6.07 Å². The van der Waals surface area contributed by atoms with E-state index < -0.39 is 0 Å². The molecule has 0 unspecified atom stereocenters. The fourth-order valence-electron chi connectivity index (χ4n) is 2.98. The number of aromatic nitrogens is 2. The zero-order valence-corrected chi connectivity index (χ0v) is 13.4. The Morgan fingerprint density at radius 1 is 1.16 bits per heavy atom. The molecule has 0 atom stereocenters. The number of para-hydroxylation sites is 2. The van der Waals surface area contributed by atoms with Crippen molar-refractivity contribution in [3.63, 3.8) is 0 Å². The van der Waals surface area contributed by atoms with Gasteiger partial charge in [0.05, 0.1) is 22.4 Å². The lowest BCUT2D eigenvalue weighted by atomic mass is 10.1. The van der Waals surface area contributed by atoms with E-state index in [9.17, 15) is 14.9 Å². The molecule has 4 rings (SSSR count). The van der Waals surface area contributed by atoms with Crippen LogP contribution in [0.3, 0.4) is 0 Å². The summed E-state index contributed by atoms with van der Waals surface area (Å²) in [6, 6.07) is 14.1. The van der Waals surface area contributed by atoms with Crippen LogP contribution in [0, 0.1) is 10.1 Å². The minimum absolute atomic E-state index is 0.0799. The van der Waals surface area contributed by atoms with Gasteiger partial charge in [0.1, 0.15) is 0 Å². The van der Waals surface area contributed by atoms with Crippen LogP contribution in [0.5, 0.6) is 0 Å². The van der Waals surface area contributed by atoms with Gasteiger partial charge in [-0.1, -0.05) is 30.3 Å². The summed E-state index contributed by atoms with van der Waals surface area (Å²) in [5, 5.41) is 11.8. The van der Waals surface area contributed by atoms with Crippen LogP contribution in [0.4, 0.5) is 11.6 Å². The third-order valence-electron chi connectivity index (χ3n) is 4.39. The van der Waals surface area contributed by atoms with Gasteiger partial charge in [0, 0.05) is 17.7 Å². The number of benzene rings is 2. The Bertz CT molecular complexity index is 1010. The lowest BCUT2D eigenvalue weighted by Crippen LogP contribution is -2.29. The van der Waals surface area contributed by atoms with Crippen LogP contribution in [0.2, 0.25) is 0 Å². The Morgan fingerprint density at radius 3 is 2.64 bits per heavy atom. The number of hydrogen-bond acceptors (Lipinski definition) is 5. The second-order valence-corrected chi connectivity index (χ2v) is 6.15. The third-order valence-corrected chi connectivity index (χ3v) is 4.39. The van der Waals surface area contributed by atoms with E-state index in [1.807, 2.05) is 11.0 Å². The molecule has 0 amide bonds. The number of rotatable bonds is 5. The molecule has 1 N–H and O–H groups in total. The van der Waals surface area contributed by atoms with Crippen molar-refractivity contribution in [3.05, 3.63) is 74.6 Å². The Balaban J connectivity index is 1.76. The summed E-state index contributed by atoms with van der Waals surface area (Å²) in [6.45, 7) is 0.336. The van der Waals surface area contributed by atoms with E-state index in [-0.39, 0.29) is 22.2 Å². The molecule has 1 aliphatic carbocycles. The number of fused-ring (bicyclic) bond motifs is 1. The van der Waals surface area contributed by atoms with Gasteiger partial charge in [0.2, 0.25) is 5.95 Å². The highest BCUT2D eigenvalue weighted by molar-refractivity contribution is 5.78. The molecule has 3 aromatic rings. The van der Waals surface area contributed by atoms with E-state index in [2.05, 4.69) is 9.97 Å². The SMILES string of the molecule is O=c1[nH]c(N(Cc2ccccc2[N+](=O)[O-])C2CC2)nc2ccccc12. The Labute approximate surface area is 143 Å². The normalized spacial score (nSPS) is 13.8. The Morgan fingerprint density at radius 2 is 1.88 bits per heavy atom. The van der Waals surface area contributed by atoms with E-state index in [1.54, 1.807) is 36.4 Å². The summed E-state index contributed by atoms with van der Waals surface area (Å²) >= 11 is 0. The zero-order valence-electron chi connectivity index (χ0n) is 13.4. The number of nitro benzene ring substituents is 1. The summed E-state index contributed by atoms with van der Waals surface area (Å²) in [4.78, 5) is 32.6. The molecule has 25 heavy (non-hydrogen) atoms. The van der Waals surface area contributed by atoms with Crippen LogP contribution in [0.15, 0.2) is 53.3 Å². The Hall–Kier alpha value is -3.22. The summed E-state index contributed by atoms with van der Waals surface area (Å²) < 4.78 is 0. The van der Waals surface area contributed by atoms with Gasteiger partial charge in [-0.05, 0) is 25.0 Å². The molecule has 7 nitrogen and oxygen atoms in total. The fraction of sp³-hybridized carbons (Fsp3) is 0.222. The molecule has 126 valence electrons. The van der Waals surface area contributed by atoms with Crippen LogP contribution in [-0.2, 0) is 6.54 Å². The smallest absolute Gasteiger partial charge is 0.274 e. The molecular formula is C18H16N4O3. The number of aromatic amines is 1. The van der Waals surface area contributed by atoms with Crippen molar-refractivity contribution in [2.75, 3.05) is 4.90 Å². The lowest BCUT2D eigenvalue weighted by molar-refractivity contribution is -0.385. The first-order valence-corrected chi connectivity index (χ1v) is 8.11. The maximum atomic E-state index is 12.3. The van der Waals surface area contributed by atoms with Gasteiger partial charge in [0.25, 0.3) is 11.2 Å². The summed E-state index contributed by atoms with van der Waals surface area (Å²) in [7, 11) is 0. The second kappa shape index (κ2) is 6.01. The van der Waals surface area contributed by atoms with Gasteiger partial charge in [0.15, 0.2) is 0 Å². The molecule has 0 aliphatic heterocycles. The molecule has 1 fully saturated rings. The van der Waals surface area contributed by atoms with Crippen molar-refractivity contribution in [1.29, 1.82) is 0 Å². The highest BCUT2D eigenvalue weighted by Crippen LogP contribution is 2.32. The monoisotopic (exact) mass is 336 g/mol. The maximum Gasteiger partial charge on any atom is 0.274 e. The van der Waals surface area contributed by atoms with Crippen LogP contribution in [0.25, 0.3) is 10.9 Å². The first-order valence-electron chi connectivity index (χ1n) is 8.11. The largest absolute Gasteiger partial charge is 0.335 e. The molecule has 7 heteroatoms. The van der Waals surface area contributed by atoms with Crippen molar-refractivity contribution < 1.29 is 4.92 Å². The molecule has 1 aromatic heterocycles. The Kier molecular flexibility index (Phi) is 3.68. The van der Waals surface area contributed by atoms with Crippen LogP contribution < -0.4 is 10.5 Å². The van der Waals surface area contributed by atoms with E-state index in [0.29, 0.717) is 29.0 Å². The quantitative estimate of drug-likeness (QED) is 0.571. The average Bonchev–Trinajstić information content (AvgIpc) is 3.45. The molecule has 0 spiro atoms. The molecule has 1 saturated carbocycles. The van der Waals surface area contributed by atoms with Crippen LogP contribution in [-0.4, -0.2) is 20.9 Å². The predicted octanol–water partition coefficient (Wildman–Crippen LogP) is 3.00. The zero-order chi connectivity index (χ0) is 17.4. The van der Waals surface area contributed by atoms with E-state index in [0.717, 1.165) is 12.8 Å². The first kappa shape index (κ1) is 15.3. The number of nitrogens with one attached hydrogen (secondary N) is 1. The number of H-pyrrole nitrogens is 1. The van der Waals surface area contributed by atoms with Crippen molar-refractivity contribution >= 4 is 22.5 Å². The average molecular weight is 336 g/mol. The molecule has 0 saturated heterocycles. The maximum absolute atomic E-state index is 12.3. The molecule has 2 aromatic carbocycles. The first-order chi connectivity index (χ1) is 12.1. The highest BCUT2D eigenvalue weighted by Gasteiger charge is 2.32. The molecular weight excluding hydrogens is 320 g/mol. The van der Waals surface area contributed by atoms with E-state index in [4.69, 9.17) is 0 Å². The van der Waals surface area contributed by atoms with Crippen molar-refractivity contribution in [3.8, 4) is 0 Å². The molecule has 1 heterocycles. The van der Waals surface area contributed by atoms with Gasteiger partial charge in [-0.2, -0.15) is 0 Å². The van der Waals surface area contributed by atoms with Crippen LogP contribution in [0.1, 0.15) is 18.4 Å².